The first-order valence-electron chi connectivity index (χ1n) is 20.9. The van der Waals surface area contributed by atoms with E-state index in [-0.39, 0.29) is 22.3 Å². The number of rotatable bonds is 16. The van der Waals surface area contributed by atoms with Crippen LogP contribution in [0.4, 0.5) is 11.4 Å². The van der Waals surface area contributed by atoms with Gasteiger partial charge < -0.3 is 28.6 Å². The van der Waals surface area contributed by atoms with Crippen LogP contribution in [0.25, 0.3) is 0 Å². The Hall–Kier alpha value is -4.66. The number of aromatic nitrogens is 1. The minimum Gasteiger partial charge on any atom is -0.497 e. The van der Waals surface area contributed by atoms with Crippen molar-refractivity contribution in [2.75, 3.05) is 59.6 Å². The van der Waals surface area contributed by atoms with Crippen LogP contribution in [0.5, 0.6) is 11.5 Å². The summed E-state index contributed by atoms with van der Waals surface area (Å²) in [5.74, 6) is 2.72. The van der Waals surface area contributed by atoms with Crippen molar-refractivity contribution in [3.8, 4) is 11.5 Å². The normalized spacial score (nSPS) is 19.1. The highest BCUT2D eigenvalue weighted by Gasteiger charge is 2.45. The molecule has 6 rings (SSSR count). The summed E-state index contributed by atoms with van der Waals surface area (Å²) in [5.41, 5.74) is 10.4. The summed E-state index contributed by atoms with van der Waals surface area (Å²) in [4.78, 5) is 2.47. The second-order valence-electron chi connectivity index (χ2n) is 18.0. The number of nitrogens with zero attached hydrogens (tertiary/aromatic N) is 3. The molecular weight excluding hydrogens is 723 g/mol. The summed E-state index contributed by atoms with van der Waals surface area (Å²) in [6.07, 6.45) is 17.1. The lowest BCUT2D eigenvalue weighted by Gasteiger charge is -2.32. The van der Waals surface area contributed by atoms with E-state index in [0.29, 0.717) is 13.2 Å². The Morgan fingerprint density at radius 1 is 0.810 bits per heavy atom. The topological polar surface area (TPSA) is 56.3 Å². The van der Waals surface area contributed by atoms with Gasteiger partial charge in [0.05, 0.1) is 31.8 Å². The van der Waals surface area contributed by atoms with Gasteiger partial charge >= 0.3 is 0 Å². The quantitative estimate of drug-likeness (QED) is 0.106. The van der Waals surface area contributed by atoms with Crippen LogP contribution in [0.2, 0.25) is 0 Å². The molecule has 0 saturated carbocycles. The number of allylic oxidation sites excluding steroid dienone is 7. The van der Waals surface area contributed by atoms with Crippen molar-refractivity contribution in [1.82, 2.24) is 0 Å². The van der Waals surface area contributed by atoms with E-state index in [9.17, 15) is 0 Å². The molecule has 58 heavy (non-hydrogen) atoms. The molecule has 3 heterocycles. The van der Waals surface area contributed by atoms with Gasteiger partial charge in [0.15, 0.2) is 24.7 Å². The summed E-state index contributed by atoms with van der Waals surface area (Å²) >= 11 is 0. The second kappa shape index (κ2) is 17.7. The van der Waals surface area contributed by atoms with Gasteiger partial charge in [-0.15, -0.1) is 0 Å². The van der Waals surface area contributed by atoms with Gasteiger partial charge in [-0.1, -0.05) is 40.7 Å². The molecule has 0 spiro atoms. The molecule has 2 aromatic carbocycles. The number of methoxy groups -OCH3 is 4. The van der Waals surface area contributed by atoms with E-state index in [4.69, 9.17) is 23.7 Å². The summed E-state index contributed by atoms with van der Waals surface area (Å²) in [6, 6.07) is 17.2. The number of ether oxygens (including phenoxy) is 5. The summed E-state index contributed by atoms with van der Waals surface area (Å²) in [7, 11) is 9.10. The minimum absolute atomic E-state index is 0.171. The highest BCUT2D eigenvalue weighted by atomic mass is 16.5. The van der Waals surface area contributed by atoms with Crippen LogP contribution in [0, 0.1) is 5.41 Å². The zero-order valence-electron chi connectivity index (χ0n) is 37.2. The van der Waals surface area contributed by atoms with E-state index in [0.717, 1.165) is 61.6 Å². The molecule has 1 atom stereocenters. The Morgan fingerprint density at radius 2 is 1.50 bits per heavy atom. The predicted octanol–water partition coefficient (Wildman–Crippen LogP) is 9.99. The van der Waals surface area contributed by atoms with Crippen LogP contribution in [-0.4, -0.2) is 65.0 Å². The van der Waals surface area contributed by atoms with Gasteiger partial charge in [-0.05, 0) is 98.4 Å². The molecule has 0 radical (unpaired) electrons. The van der Waals surface area contributed by atoms with Gasteiger partial charge in [0.25, 0.3) is 0 Å². The summed E-state index contributed by atoms with van der Waals surface area (Å²) in [5, 5.41) is 0. The van der Waals surface area contributed by atoms with Crippen molar-refractivity contribution < 1.29 is 32.8 Å². The van der Waals surface area contributed by atoms with Gasteiger partial charge in [0, 0.05) is 79.8 Å². The lowest BCUT2D eigenvalue weighted by Crippen LogP contribution is -2.30. The Morgan fingerprint density at radius 3 is 2.17 bits per heavy atom. The standard InChI is InChI=1S/C50H67N3O5/c1-48(2,3)47(37-16-13-27-51(8)34-37)58-46-35(19-25-44-49(4,5)40-32-38(56-11)21-23-42(40)52(44)28-14-30-54-9)17-18-36(46)20-26-45-50(6,7)41-33-39(57-12)22-24-43(41)53(45)29-15-31-55-10/h13,16,19-27,32-34,47H,14-15,17-18,28-31H2,1-12H3/q+2. The van der Waals surface area contributed by atoms with Crippen molar-refractivity contribution in [3.63, 3.8) is 0 Å². The Labute approximate surface area is 348 Å². The fourth-order valence-corrected chi connectivity index (χ4v) is 8.94. The lowest BCUT2D eigenvalue weighted by molar-refractivity contribution is -0.672. The number of fused-ring (bicyclic) bond motifs is 2. The molecule has 0 fully saturated rings. The Bertz CT molecular complexity index is 2130. The van der Waals surface area contributed by atoms with Crippen molar-refractivity contribution in [1.29, 1.82) is 0 Å². The molecule has 0 amide bonds. The molecule has 3 aromatic rings. The largest absolute Gasteiger partial charge is 0.497 e. The molecule has 310 valence electrons. The van der Waals surface area contributed by atoms with Crippen LogP contribution in [0.1, 0.15) is 96.9 Å². The Balaban J connectivity index is 1.48. The predicted molar refractivity (Wildman–Crippen MR) is 235 cm³/mol. The maximum absolute atomic E-state index is 7.39. The fraction of sp³-hybridized carbons (Fsp3) is 0.480. The monoisotopic (exact) mass is 790 g/mol. The van der Waals surface area contributed by atoms with Gasteiger partial charge in [-0.2, -0.15) is 4.58 Å². The van der Waals surface area contributed by atoms with E-state index >= 15 is 0 Å². The van der Waals surface area contributed by atoms with Crippen LogP contribution < -0.4 is 18.9 Å². The highest BCUT2D eigenvalue weighted by Crippen LogP contribution is 2.50. The Kier molecular flexibility index (Phi) is 13.1. The molecule has 3 aliphatic rings. The molecule has 8 heteroatoms. The van der Waals surface area contributed by atoms with Crippen molar-refractivity contribution in [3.05, 3.63) is 125 Å². The van der Waals surface area contributed by atoms with E-state index in [1.54, 1.807) is 28.4 Å². The third-order valence-electron chi connectivity index (χ3n) is 12.1. The fourth-order valence-electron chi connectivity index (χ4n) is 8.94. The first-order chi connectivity index (χ1) is 27.6. The number of aryl methyl sites for hydroxylation is 1. The maximum atomic E-state index is 7.39. The number of pyridine rings is 1. The molecule has 1 unspecified atom stereocenters. The van der Waals surface area contributed by atoms with Gasteiger partial charge in [0.1, 0.15) is 30.4 Å². The van der Waals surface area contributed by atoms with Crippen molar-refractivity contribution in [2.24, 2.45) is 12.5 Å². The zero-order chi connectivity index (χ0) is 41.8. The van der Waals surface area contributed by atoms with Crippen LogP contribution >= 0.6 is 0 Å². The number of benzene rings is 2. The lowest BCUT2D eigenvalue weighted by atomic mass is 9.81. The molecule has 0 bridgehead atoms. The number of hydrogen-bond acceptors (Lipinski definition) is 6. The third-order valence-corrected chi connectivity index (χ3v) is 12.1. The molecule has 1 aliphatic carbocycles. The first kappa shape index (κ1) is 42.9. The molecular formula is C50H67N3O5+2. The smallest absolute Gasteiger partial charge is 0.210 e. The second-order valence-corrected chi connectivity index (χ2v) is 18.0. The molecule has 8 nitrogen and oxygen atoms in total. The minimum atomic E-state index is -0.235. The summed E-state index contributed by atoms with van der Waals surface area (Å²) in [6.45, 7) is 19.2. The zero-order valence-corrected chi connectivity index (χ0v) is 37.2. The van der Waals surface area contributed by atoms with Gasteiger partial charge in [-0.3, -0.25) is 0 Å². The van der Waals surface area contributed by atoms with E-state index in [1.165, 1.54) is 45.1 Å². The summed E-state index contributed by atoms with van der Waals surface area (Å²) < 4.78 is 34.3. The van der Waals surface area contributed by atoms with Gasteiger partial charge in [0.2, 0.25) is 5.69 Å². The first-order valence-corrected chi connectivity index (χ1v) is 20.9. The molecule has 0 N–H and O–H groups in total. The number of anilines is 1. The van der Waals surface area contributed by atoms with Crippen LogP contribution in [-0.2, 0) is 32.1 Å². The van der Waals surface area contributed by atoms with Crippen molar-refractivity contribution >= 4 is 17.1 Å². The van der Waals surface area contributed by atoms with E-state index in [2.05, 4.69) is 155 Å². The number of hydrogen-bond donors (Lipinski definition) is 0. The third kappa shape index (κ3) is 8.69. The molecule has 1 aromatic heterocycles. The average molecular weight is 790 g/mol. The maximum Gasteiger partial charge on any atom is 0.210 e. The van der Waals surface area contributed by atoms with Crippen LogP contribution in [0.3, 0.4) is 0 Å². The van der Waals surface area contributed by atoms with E-state index in [1.807, 2.05) is 0 Å². The molecule has 2 aliphatic heterocycles. The van der Waals surface area contributed by atoms with Crippen molar-refractivity contribution in [2.45, 2.75) is 91.1 Å². The van der Waals surface area contributed by atoms with Gasteiger partial charge in [-0.25, -0.2) is 4.57 Å². The highest BCUT2D eigenvalue weighted by molar-refractivity contribution is 6.03. The SMILES string of the molecule is COCCCN1/C(=C/C=C2\CCC(/C=C/C3=[N+](CCCOC)c4ccc(OC)cc4C3(C)C)=C2OC(c2ccc[n+](C)c2)C(C)(C)C)C(C)(C)c2cc(OC)ccc21. The molecule has 0 saturated heterocycles. The van der Waals surface area contributed by atoms with E-state index < -0.39 is 0 Å². The average Bonchev–Trinajstić information content (AvgIpc) is 3.74. The van der Waals surface area contributed by atoms with Crippen LogP contribution in [0.15, 0.2) is 108 Å².